The maximum absolute atomic E-state index is 12.6. The Morgan fingerprint density at radius 1 is 1.00 bits per heavy atom. The Kier molecular flexibility index (Phi) is 3.74. The van der Waals surface area contributed by atoms with E-state index in [0.29, 0.717) is 22.9 Å². The summed E-state index contributed by atoms with van der Waals surface area (Å²) in [7, 11) is 0. The van der Waals surface area contributed by atoms with Crippen molar-refractivity contribution < 1.29 is 4.79 Å². The number of carbonyl (C=O) groups excluding carboxylic acids is 1. The van der Waals surface area contributed by atoms with Crippen molar-refractivity contribution in [2.45, 2.75) is 6.92 Å². The molecule has 122 valence electrons. The fourth-order valence-corrected chi connectivity index (χ4v) is 2.69. The molecule has 2 aromatic carbocycles. The summed E-state index contributed by atoms with van der Waals surface area (Å²) in [6, 6.07) is 19.0. The molecule has 5 nitrogen and oxygen atoms in total. The van der Waals surface area contributed by atoms with Gasteiger partial charge in [-0.05, 0) is 25.1 Å². The Hall–Kier alpha value is -3.47. The van der Waals surface area contributed by atoms with E-state index in [0.717, 1.165) is 5.56 Å². The van der Waals surface area contributed by atoms with Crippen molar-refractivity contribution >= 4 is 17.5 Å². The number of hydrogen-bond donors (Lipinski definition) is 1. The fourth-order valence-electron chi connectivity index (χ4n) is 2.69. The van der Waals surface area contributed by atoms with Crippen LogP contribution in [0.3, 0.4) is 0 Å². The fraction of sp³-hybridized carbons (Fsp3) is 0.0500. The highest BCUT2D eigenvalue weighted by Gasteiger charge is 2.17. The van der Waals surface area contributed by atoms with Crippen LogP contribution in [-0.2, 0) is 0 Å². The Labute approximate surface area is 145 Å². The lowest BCUT2D eigenvalue weighted by atomic mass is 10.1. The van der Waals surface area contributed by atoms with Gasteiger partial charge in [-0.15, -0.1) is 0 Å². The second-order valence-electron chi connectivity index (χ2n) is 5.78. The number of nitrogens with zero attached hydrogens (tertiary/aromatic N) is 3. The minimum Gasteiger partial charge on any atom is -0.306 e. The molecule has 5 heteroatoms. The second kappa shape index (κ2) is 6.20. The molecule has 25 heavy (non-hydrogen) atoms. The van der Waals surface area contributed by atoms with Gasteiger partial charge in [-0.3, -0.25) is 9.20 Å². The van der Waals surface area contributed by atoms with E-state index in [1.165, 1.54) is 5.56 Å². The van der Waals surface area contributed by atoms with E-state index < -0.39 is 0 Å². The van der Waals surface area contributed by atoms with Crippen LogP contribution >= 0.6 is 0 Å². The molecule has 2 heterocycles. The van der Waals surface area contributed by atoms with Gasteiger partial charge < -0.3 is 5.32 Å². The first-order valence-electron chi connectivity index (χ1n) is 7.99. The highest BCUT2D eigenvalue weighted by molar-refractivity contribution is 6.05. The van der Waals surface area contributed by atoms with E-state index >= 15 is 0 Å². The predicted molar refractivity (Wildman–Crippen MR) is 97.6 cm³/mol. The molecule has 0 saturated carbocycles. The largest absolute Gasteiger partial charge is 0.306 e. The Morgan fingerprint density at radius 3 is 2.52 bits per heavy atom. The second-order valence-corrected chi connectivity index (χ2v) is 5.78. The highest BCUT2D eigenvalue weighted by Crippen LogP contribution is 2.28. The van der Waals surface area contributed by atoms with Gasteiger partial charge in [0.15, 0.2) is 0 Å². The van der Waals surface area contributed by atoms with Crippen LogP contribution in [0, 0.1) is 6.92 Å². The molecular formula is C20H16N4O. The van der Waals surface area contributed by atoms with Crippen LogP contribution in [0.2, 0.25) is 0 Å². The Balaban J connectivity index is 1.82. The van der Waals surface area contributed by atoms with Crippen molar-refractivity contribution in [3.63, 3.8) is 0 Å². The molecule has 0 aliphatic carbocycles. The molecule has 0 unspecified atom stereocenters. The molecule has 0 fully saturated rings. The maximum atomic E-state index is 12.6. The van der Waals surface area contributed by atoms with Crippen LogP contribution < -0.4 is 5.32 Å². The van der Waals surface area contributed by atoms with Crippen molar-refractivity contribution in [3.05, 3.63) is 84.2 Å². The van der Waals surface area contributed by atoms with Crippen molar-refractivity contribution in [1.29, 1.82) is 0 Å². The van der Waals surface area contributed by atoms with Gasteiger partial charge in [0.25, 0.3) is 5.91 Å². The monoisotopic (exact) mass is 328 g/mol. The molecule has 0 aliphatic heterocycles. The summed E-state index contributed by atoms with van der Waals surface area (Å²) >= 11 is 0. The summed E-state index contributed by atoms with van der Waals surface area (Å²) in [4.78, 5) is 21.5. The Bertz CT molecular complexity index is 1040. The normalized spacial score (nSPS) is 10.8. The molecular weight excluding hydrogens is 312 g/mol. The summed E-state index contributed by atoms with van der Waals surface area (Å²) in [5.74, 6) is 0.974. The van der Waals surface area contributed by atoms with Crippen LogP contribution in [0.5, 0.6) is 0 Å². The van der Waals surface area contributed by atoms with Crippen LogP contribution in [-0.4, -0.2) is 20.3 Å². The molecule has 1 N–H and O–H groups in total. The number of imidazole rings is 1. The molecule has 2 aromatic heterocycles. The first-order valence-corrected chi connectivity index (χ1v) is 7.99. The molecule has 0 saturated heterocycles. The number of aromatic nitrogens is 3. The quantitative estimate of drug-likeness (QED) is 0.619. The summed E-state index contributed by atoms with van der Waals surface area (Å²) in [5.41, 5.74) is 3.39. The number of anilines is 1. The molecule has 4 rings (SSSR count). The molecule has 0 spiro atoms. The van der Waals surface area contributed by atoms with E-state index in [1.807, 2.05) is 61.7 Å². The molecule has 1 amide bonds. The van der Waals surface area contributed by atoms with Crippen molar-refractivity contribution in [2.24, 2.45) is 0 Å². The van der Waals surface area contributed by atoms with Gasteiger partial charge in [0.1, 0.15) is 11.5 Å². The molecule has 0 atom stereocenters. The van der Waals surface area contributed by atoms with Gasteiger partial charge in [0.2, 0.25) is 5.78 Å². The third-order valence-electron chi connectivity index (χ3n) is 4.00. The predicted octanol–water partition coefficient (Wildman–Crippen LogP) is 3.96. The van der Waals surface area contributed by atoms with Crippen molar-refractivity contribution in [3.8, 4) is 11.3 Å². The van der Waals surface area contributed by atoms with E-state index in [2.05, 4.69) is 15.3 Å². The molecule has 0 bridgehead atoms. The molecule has 4 aromatic rings. The van der Waals surface area contributed by atoms with E-state index in [-0.39, 0.29) is 5.91 Å². The molecule has 0 aliphatic rings. The van der Waals surface area contributed by atoms with Crippen LogP contribution in [0.25, 0.3) is 17.0 Å². The van der Waals surface area contributed by atoms with E-state index in [4.69, 9.17) is 0 Å². The first kappa shape index (κ1) is 15.1. The lowest BCUT2D eigenvalue weighted by molar-refractivity contribution is 0.102. The van der Waals surface area contributed by atoms with Crippen LogP contribution in [0.4, 0.5) is 5.82 Å². The van der Waals surface area contributed by atoms with Crippen molar-refractivity contribution in [2.75, 3.05) is 5.32 Å². The third-order valence-corrected chi connectivity index (χ3v) is 4.00. The number of rotatable bonds is 3. The van der Waals surface area contributed by atoms with Crippen LogP contribution in [0.1, 0.15) is 15.9 Å². The van der Waals surface area contributed by atoms with Gasteiger partial charge in [0.05, 0.1) is 0 Å². The number of benzene rings is 2. The average Bonchev–Trinajstić information content (AvgIpc) is 3.02. The zero-order valence-electron chi connectivity index (χ0n) is 13.7. The minimum atomic E-state index is -0.181. The lowest BCUT2D eigenvalue weighted by Crippen LogP contribution is -2.14. The summed E-state index contributed by atoms with van der Waals surface area (Å²) in [5, 5.41) is 2.98. The average molecular weight is 328 g/mol. The van der Waals surface area contributed by atoms with Crippen LogP contribution in [0.15, 0.2) is 73.1 Å². The van der Waals surface area contributed by atoms with Gasteiger partial charge in [-0.1, -0.05) is 48.0 Å². The van der Waals surface area contributed by atoms with Gasteiger partial charge in [-0.25, -0.2) is 9.97 Å². The van der Waals surface area contributed by atoms with E-state index in [1.54, 1.807) is 22.7 Å². The summed E-state index contributed by atoms with van der Waals surface area (Å²) < 4.78 is 1.79. The topological polar surface area (TPSA) is 59.3 Å². The lowest BCUT2D eigenvalue weighted by Gasteiger charge is -2.08. The SMILES string of the molecule is Cc1ccc(-c2nc3ncccn3c2NC(=O)c2ccccc2)cc1. The number of amides is 1. The summed E-state index contributed by atoms with van der Waals surface area (Å²) in [6.45, 7) is 2.03. The maximum Gasteiger partial charge on any atom is 0.256 e. The number of fused-ring (bicyclic) bond motifs is 1. The highest BCUT2D eigenvalue weighted by atomic mass is 16.1. The van der Waals surface area contributed by atoms with Gasteiger partial charge in [0, 0.05) is 23.5 Å². The standard InChI is InChI=1S/C20H16N4O/c1-14-8-10-15(11-9-14)17-18(24-13-5-12-21-20(24)22-17)23-19(25)16-6-3-2-4-7-16/h2-13H,1H3,(H,23,25). The Morgan fingerprint density at radius 2 is 1.76 bits per heavy atom. The zero-order valence-corrected chi connectivity index (χ0v) is 13.7. The number of aryl methyl sites for hydroxylation is 1. The number of nitrogens with one attached hydrogen (secondary N) is 1. The van der Waals surface area contributed by atoms with E-state index in [9.17, 15) is 4.79 Å². The first-order chi connectivity index (χ1) is 12.2. The minimum absolute atomic E-state index is 0.181. The number of carbonyl (C=O) groups is 1. The van der Waals surface area contributed by atoms with Gasteiger partial charge in [-0.2, -0.15) is 0 Å². The third kappa shape index (κ3) is 2.87. The zero-order chi connectivity index (χ0) is 17.2. The molecule has 0 radical (unpaired) electrons. The smallest absolute Gasteiger partial charge is 0.256 e. The van der Waals surface area contributed by atoms with Gasteiger partial charge >= 0.3 is 0 Å². The summed E-state index contributed by atoms with van der Waals surface area (Å²) in [6.07, 6.45) is 3.53. The van der Waals surface area contributed by atoms with Crippen molar-refractivity contribution in [1.82, 2.24) is 14.4 Å². The number of hydrogen-bond acceptors (Lipinski definition) is 3.